The van der Waals surface area contributed by atoms with Crippen LogP contribution in [0.5, 0.6) is 0 Å². The largest absolute Gasteiger partial charge is 0.380 e. The molecule has 0 bridgehead atoms. The molecule has 0 rings (SSSR count). The molecule has 0 aromatic rings. The normalized spacial score (nSPS) is 15.0. The molecule has 68 valence electrons. The molecule has 0 aliphatic heterocycles. The van der Waals surface area contributed by atoms with E-state index in [9.17, 15) is 0 Å². The molecule has 1 atom stereocenters. The van der Waals surface area contributed by atoms with Gasteiger partial charge in [0.1, 0.15) is 0 Å². The molecule has 0 aromatic carbocycles. The fraction of sp³-hybridized carbons (Fsp3) is 1.00. The minimum absolute atomic E-state index is 0.233. The van der Waals surface area contributed by atoms with Crippen LogP contribution in [-0.2, 0) is 4.74 Å². The van der Waals surface area contributed by atoms with E-state index < -0.39 is 0 Å². The summed E-state index contributed by atoms with van der Waals surface area (Å²) in [4.78, 5) is 0. The molecule has 2 heteroatoms. The number of ether oxygens (including phenoxy) is 1. The first kappa shape index (κ1) is 10.9. The fourth-order valence-corrected chi connectivity index (χ4v) is 1.02. The lowest BCUT2D eigenvalue weighted by Gasteiger charge is -2.29. The van der Waals surface area contributed by atoms with Crippen LogP contribution in [0.25, 0.3) is 0 Å². The van der Waals surface area contributed by atoms with Crippen LogP contribution in [0, 0.1) is 5.41 Å². The average Bonchev–Trinajstić information content (AvgIpc) is 1.87. The average molecular weight is 159 g/mol. The first-order chi connectivity index (χ1) is 5.02. The van der Waals surface area contributed by atoms with E-state index in [1.54, 1.807) is 7.11 Å². The van der Waals surface area contributed by atoms with Gasteiger partial charge in [-0.05, 0) is 12.0 Å². The summed E-state index contributed by atoms with van der Waals surface area (Å²) >= 11 is 0. The molecule has 0 heterocycles. The van der Waals surface area contributed by atoms with E-state index in [2.05, 4.69) is 33.0 Å². The van der Waals surface area contributed by atoms with E-state index in [4.69, 9.17) is 4.74 Å². The van der Waals surface area contributed by atoms with E-state index in [1.165, 1.54) is 0 Å². The van der Waals surface area contributed by atoms with Crippen molar-refractivity contribution in [3.63, 3.8) is 0 Å². The third kappa shape index (κ3) is 4.38. The van der Waals surface area contributed by atoms with Crippen LogP contribution in [0.4, 0.5) is 0 Å². The molecule has 0 aliphatic rings. The highest BCUT2D eigenvalue weighted by Crippen LogP contribution is 2.20. The molecule has 2 nitrogen and oxygen atoms in total. The summed E-state index contributed by atoms with van der Waals surface area (Å²) in [5.41, 5.74) is 0.233. The van der Waals surface area contributed by atoms with Crippen molar-refractivity contribution in [2.75, 3.05) is 20.2 Å². The summed E-state index contributed by atoms with van der Waals surface area (Å²) in [6.45, 7) is 10.6. The van der Waals surface area contributed by atoms with E-state index in [0.29, 0.717) is 6.10 Å². The summed E-state index contributed by atoms with van der Waals surface area (Å²) in [5.74, 6) is 0. The molecular formula is C9H21NO. The Kier molecular flexibility index (Phi) is 4.69. The summed E-state index contributed by atoms with van der Waals surface area (Å²) in [5, 5.41) is 3.28. The van der Waals surface area contributed by atoms with Crippen LogP contribution in [0.1, 0.15) is 27.7 Å². The first-order valence-electron chi connectivity index (χ1n) is 4.26. The Morgan fingerprint density at radius 1 is 1.36 bits per heavy atom. The molecular weight excluding hydrogens is 138 g/mol. The minimum Gasteiger partial charge on any atom is -0.380 e. The predicted molar refractivity (Wildman–Crippen MR) is 48.8 cm³/mol. The maximum Gasteiger partial charge on any atom is 0.0743 e. The van der Waals surface area contributed by atoms with Crippen molar-refractivity contribution in [3.05, 3.63) is 0 Å². The highest BCUT2D eigenvalue weighted by Gasteiger charge is 2.23. The minimum atomic E-state index is 0.233. The summed E-state index contributed by atoms with van der Waals surface area (Å²) in [6.07, 6.45) is 0.308. The molecule has 0 amide bonds. The Balaban J connectivity index is 3.76. The topological polar surface area (TPSA) is 21.3 Å². The molecule has 1 N–H and O–H groups in total. The standard InChI is InChI=1S/C9H21NO/c1-6-10-7-8(11-5)9(2,3)4/h8,10H,6-7H2,1-5H3. The van der Waals surface area contributed by atoms with Gasteiger partial charge in [-0.2, -0.15) is 0 Å². The number of likely N-dealkylation sites (N-methyl/N-ethyl adjacent to an activating group) is 1. The second kappa shape index (κ2) is 4.73. The Morgan fingerprint density at radius 3 is 2.18 bits per heavy atom. The number of nitrogens with one attached hydrogen (secondary N) is 1. The maximum atomic E-state index is 5.35. The van der Waals surface area contributed by atoms with Crippen molar-refractivity contribution in [3.8, 4) is 0 Å². The van der Waals surface area contributed by atoms with Crippen LogP contribution in [-0.4, -0.2) is 26.3 Å². The molecule has 0 aromatic heterocycles. The van der Waals surface area contributed by atoms with Crippen LogP contribution in [0.2, 0.25) is 0 Å². The SMILES string of the molecule is CCNCC(OC)C(C)(C)C. The number of hydrogen-bond acceptors (Lipinski definition) is 2. The van der Waals surface area contributed by atoms with Crippen LogP contribution < -0.4 is 5.32 Å². The van der Waals surface area contributed by atoms with Gasteiger partial charge in [0.2, 0.25) is 0 Å². The number of hydrogen-bond donors (Lipinski definition) is 1. The summed E-state index contributed by atoms with van der Waals surface area (Å²) < 4.78 is 5.35. The van der Waals surface area contributed by atoms with Gasteiger partial charge in [0.25, 0.3) is 0 Å². The highest BCUT2D eigenvalue weighted by molar-refractivity contribution is 4.75. The lowest BCUT2D eigenvalue weighted by molar-refractivity contribution is 0.0179. The van der Waals surface area contributed by atoms with E-state index >= 15 is 0 Å². The monoisotopic (exact) mass is 159 g/mol. The molecule has 0 fully saturated rings. The summed E-state index contributed by atoms with van der Waals surface area (Å²) in [6, 6.07) is 0. The van der Waals surface area contributed by atoms with Crippen LogP contribution in [0.15, 0.2) is 0 Å². The lowest BCUT2D eigenvalue weighted by Crippen LogP contribution is -2.38. The molecule has 0 saturated carbocycles. The van der Waals surface area contributed by atoms with Crippen LogP contribution in [0.3, 0.4) is 0 Å². The zero-order valence-electron chi connectivity index (χ0n) is 8.40. The quantitative estimate of drug-likeness (QED) is 0.673. The third-order valence-electron chi connectivity index (χ3n) is 1.83. The van der Waals surface area contributed by atoms with Gasteiger partial charge in [0.05, 0.1) is 6.10 Å². The van der Waals surface area contributed by atoms with Gasteiger partial charge in [-0.25, -0.2) is 0 Å². The Hall–Kier alpha value is -0.0800. The highest BCUT2D eigenvalue weighted by atomic mass is 16.5. The van der Waals surface area contributed by atoms with Crippen LogP contribution >= 0.6 is 0 Å². The molecule has 11 heavy (non-hydrogen) atoms. The van der Waals surface area contributed by atoms with Crippen molar-refractivity contribution in [1.29, 1.82) is 0 Å². The van der Waals surface area contributed by atoms with Gasteiger partial charge < -0.3 is 10.1 Å². The van der Waals surface area contributed by atoms with Crippen molar-refractivity contribution in [2.45, 2.75) is 33.8 Å². The summed E-state index contributed by atoms with van der Waals surface area (Å²) in [7, 11) is 1.77. The van der Waals surface area contributed by atoms with Gasteiger partial charge in [-0.1, -0.05) is 27.7 Å². The fourth-order valence-electron chi connectivity index (χ4n) is 1.02. The molecule has 1 unspecified atom stereocenters. The number of methoxy groups -OCH3 is 1. The van der Waals surface area contributed by atoms with Crippen molar-refractivity contribution >= 4 is 0 Å². The van der Waals surface area contributed by atoms with Gasteiger partial charge in [0.15, 0.2) is 0 Å². The first-order valence-corrected chi connectivity index (χ1v) is 4.26. The lowest BCUT2D eigenvalue weighted by atomic mass is 9.89. The number of rotatable bonds is 4. The molecule has 0 radical (unpaired) electrons. The van der Waals surface area contributed by atoms with Crippen molar-refractivity contribution in [2.24, 2.45) is 5.41 Å². The predicted octanol–water partition coefficient (Wildman–Crippen LogP) is 1.66. The zero-order valence-corrected chi connectivity index (χ0v) is 8.40. The molecule has 0 aliphatic carbocycles. The Morgan fingerprint density at radius 2 is 1.91 bits per heavy atom. The second-order valence-corrected chi connectivity index (χ2v) is 3.90. The maximum absolute atomic E-state index is 5.35. The van der Waals surface area contributed by atoms with Crippen molar-refractivity contribution < 1.29 is 4.74 Å². The third-order valence-corrected chi connectivity index (χ3v) is 1.83. The van der Waals surface area contributed by atoms with Gasteiger partial charge in [0, 0.05) is 13.7 Å². The van der Waals surface area contributed by atoms with Gasteiger partial charge in [-0.3, -0.25) is 0 Å². The Labute approximate surface area is 70.3 Å². The van der Waals surface area contributed by atoms with E-state index in [-0.39, 0.29) is 5.41 Å². The second-order valence-electron chi connectivity index (χ2n) is 3.90. The van der Waals surface area contributed by atoms with Gasteiger partial charge >= 0.3 is 0 Å². The Bertz CT molecular complexity index is 96.2. The van der Waals surface area contributed by atoms with E-state index in [1.807, 2.05) is 0 Å². The molecule has 0 spiro atoms. The smallest absolute Gasteiger partial charge is 0.0743 e. The van der Waals surface area contributed by atoms with Gasteiger partial charge in [-0.15, -0.1) is 0 Å². The van der Waals surface area contributed by atoms with Crippen molar-refractivity contribution in [1.82, 2.24) is 5.32 Å². The molecule has 0 saturated heterocycles. The van der Waals surface area contributed by atoms with E-state index in [0.717, 1.165) is 13.1 Å². The zero-order chi connectivity index (χ0) is 8.91.